The first kappa shape index (κ1) is 27.8. The Kier molecular flexibility index (Phi) is 6.73. The molecule has 0 aliphatic carbocycles. The van der Waals surface area contributed by atoms with E-state index < -0.39 is 52.9 Å². The molecule has 0 saturated heterocycles. The molecule has 1 aromatic heterocycles. The lowest BCUT2D eigenvalue weighted by molar-refractivity contribution is -0.119. The summed E-state index contributed by atoms with van der Waals surface area (Å²) < 4.78 is 83.0. The normalized spacial score (nSPS) is 18.2. The van der Waals surface area contributed by atoms with E-state index in [4.69, 9.17) is 10.2 Å². The molecule has 1 aliphatic heterocycles. The number of alkyl halides is 2. The number of anilines is 1. The van der Waals surface area contributed by atoms with Crippen LogP contribution in [0.3, 0.4) is 0 Å². The van der Waals surface area contributed by atoms with Crippen molar-refractivity contribution in [1.29, 1.82) is 0 Å². The fourth-order valence-corrected chi connectivity index (χ4v) is 6.28. The summed E-state index contributed by atoms with van der Waals surface area (Å²) >= 11 is 0. The third-order valence-corrected chi connectivity index (χ3v) is 9.58. The molecule has 1 amide bonds. The molecule has 1 aliphatic rings. The van der Waals surface area contributed by atoms with Gasteiger partial charge in [0.25, 0.3) is 0 Å². The van der Waals surface area contributed by atoms with Gasteiger partial charge in [-0.25, -0.2) is 16.8 Å². The number of hydrogen-bond acceptors (Lipinski definition) is 9. The number of fused-ring (bicyclic) bond motifs is 1. The molecule has 2 aromatic carbocycles. The van der Waals surface area contributed by atoms with Crippen molar-refractivity contribution in [2.75, 3.05) is 10.7 Å². The van der Waals surface area contributed by atoms with Gasteiger partial charge in [-0.1, -0.05) is 32.9 Å². The van der Waals surface area contributed by atoms with E-state index in [2.05, 4.69) is 10.2 Å². The van der Waals surface area contributed by atoms with Gasteiger partial charge >= 0.3 is 5.25 Å². The first-order chi connectivity index (χ1) is 17.4. The Bertz CT molecular complexity index is 1610. The van der Waals surface area contributed by atoms with Crippen LogP contribution in [0.5, 0.6) is 0 Å². The molecule has 0 unspecified atom stereocenters. The molecule has 2 N–H and O–H groups in total. The molecule has 0 bridgehead atoms. The van der Waals surface area contributed by atoms with Crippen molar-refractivity contribution in [2.24, 2.45) is 5.73 Å². The van der Waals surface area contributed by atoms with Crippen molar-refractivity contribution in [3.8, 4) is 11.5 Å². The smallest absolute Gasteiger partial charge is 0.347 e. The number of amides is 1. The second-order valence-electron chi connectivity index (χ2n) is 10.1. The highest BCUT2D eigenvalue weighted by Crippen LogP contribution is 2.36. The number of carbonyl (C=O) groups is 1. The topological polar surface area (TPSA) is 154 Å². The van der Waals surface area contributed by atoms with Crippen LogP contribution < -0.4 is 10.6 Å². The van der Waals surface area contributed by atoms with Crippen molar-refractivity contribution in [1.82, 2.24) is 10.2 Å². The summed E-state index contributed by atoms with van der Waals surface area (Å²) in [5.41, 5.74) is 6.24. The summed E-state index contributed by atoms with van der Waals surface area (Å²) in [5.74, 6) is -0.836. The number of benzene rings is 2. The molecule has 0 saturated carbocycles. The minimum absolute atomic E-state index is 0.0211. The molecule has 4 rings (SSSR count). The molecule has 14 heteroatoms. The maximum Gasteiger partial charge on any atom is 0.347 e. The lowest BCUT2D eigenvalue weighted by Crippen LogP contribution is -2.45. The van der Waals surface area contributed by atoms with Gasteiger partial charge in [0.05, 0.1) is 33.8 Å². The van der Waals surface area contributed by atoms with Gasteiger partial charge in [0.2, 0.25) is 27.5 Å². The number of hydrogen-bond donors (Lipinski definition) is 1. The maximum absolute atomic E-state index is 13.6. The minimum Gasteiger partial charge on any atom is -0.420 e. The Morgan fingerprint density at radius 1 is 1.08 bits per heavy atom. The Morgan fingerprint density at radius 3 is 2.26 bits per heavy atom. The fourth-order valence-electron chi connectivity index (χ4n) is 3.81. The van der Waals surface area contributed by atoms with E-state index in [9.17, 15) is 30.4 Å². The Morgan fingerprint density at radius 2 is 1.71 bits per heavy atom. The van der Waals surface area contributed by atoms with Crippen molar-refractivity contribution in [3.05, 3.63) is 53.9 Å². The number of aromatic nitrogens is 2. The highest BCUT2D eigenvalue weighted by atomic mass is 32.2. The van der Waals surface area contributed by atoms with Crippen LogP contribution in [0.25, 0.3) is 11.5 Å². The number of nitrogens with zero attached hydrogens (tertiary/aromatic N) is 3. The van der Waals surface area contributed by atoms with Crippen LogP contribution in [0, 0.1) is 0 Å². The van der Waals surface area contributed by atoms with Crippen LogP contribution >= 0.6 is 0 Å². The molecule has 0 spiro atoms. The summed E-state index contributed by atoms with van der Waals surface area (Å²) in [4.78, 5) is 13.7. The molecule has 1 atom stereocenters. The summed E-state index contributed by atoms with van der Waals surface area (Å²) in [6.45, 7) is 5.73. The van der Waals surface area contributed by atoms with Gasteiger partial charge < -0.3 is 15.1 Å². The van der Waals surface area contributed by atoms with Crippen LogP contribution in [-0.4, -0.2) is 50.0 Å². The van der Waals surface area contributed by atoms with E-state index in [0.29, 0.717) is 17.0 Å². The number of carbonyl (C=O) groups excluding carboxylic acids is 1. The molecule has 0 fully saturated rings. The first-order valence-electron chi connectivity index (χ1n) is 11.4. The minimum atomic E-state index is -4.90. The van der Waals surface area contributed by atoms with Gasteiger partial charge in [-0.2, -0.15) is 8.78 Å². The van der Waals surface area contributed by atoms with E-state index in [1.807, 2.05) is 20.8 Å². The predicted molar refractivity (Wildman–Crippen MR) is 134 cm³/mol. The van der Waals surface area contributed by atoms with Gasteiger partial charge in [-0.15, -0.1) is 10.2 Å². The van der Waals surface area contributed by atoms with Crippen molar-refractivity contribution < 1.29 is 34.8 Å². The summed E-state index contributed by atoms with van der Waals surface area (Å²) in [5, 5.41) is 4.11. The first-order valence-corrected chi connectivity index (χ1v) is 14.5. The van der Waals surface area contributed by atoms with E-state index in [1.54, 1.807) is 0 Å². The Labute approximate surface area is 218 Å². The van der Waals surface area contributed by atoms with Gasteiger partial charge in [-0.05, 0) is 35.9 Å². The summed E-state index contributed by atoms with van der Waals surface area (Å²) in [6.07, 6.45) is 0. The van der Waals surface area contributed by atoms with Crippen molar-refractivity contribution in [3.63, 3.8) is 0 Å². The SMILES string of the molecule is CC(C)(C)c1nnc(-c2ccc3c(c2)N(Cc2ccc(S(=O)(=O)C(C)(F)F)cc2)C(=O)[C@@H](N)CS3(=O)=O)o1. The van der Waals surface area contributed by atoms with Gasteiger partial charge in [0.15, 0.2) is 9.84 Å². The zero-order valence-electron chi connectivity index (χ0n) is 21.0. The van der Waals surface area contributed by atoms with Crippen LogP contribution in [0.15, 0.2) is 56.7 Å². The molecule has 2 heterocycles. The largest absolute Gasteiger partial charge is 0.420 e. The number of halogens is 2. The molecular weight excluding hydrogens is 542 g/mol. The molecule has 204 valence electrons. The highest BCUT2D eigenvalue weighted by molar-refractivity contribution is 7.92. The van der Waals surface area contributed by atoms with Gasteiger partial charge in [-0.3, -0.25) is 4.79 Å². The van der Waals surface area contributed by atoms with E-state index in [-0.39, 0.29) is 29.9 Å². The average molecular weight is 569 g/mol. The monoisotopic (exact) mass is 568 g/mol. The van der Waals surface area contributed by atoms with Crippen LogP contribution in [0.2, 0.25) is 0 Å². The van der Waals surface area contributed by atoms with Crippen LogP contribution in [-0.2, 0) is 36.4 Å². The van der Waals surface area contributed by atoms with Crippen molar-refractivity contribution in [2.45, 2.75) is 60.7 Å². The quantitative estimate of drug-likeness (QED) is 0.489. The second kappa shape index (κ2) is 9.20. The summed E-state index contributed by atoms with van der Waals surface area (Å²) in [6, 6.07) is 7.43. The van der Waals surface area contributed by atoms with E-state index >= 15 is 0 Å². The van der Waals surface area contributed by atoms with Gasteiger partial charge in [0, 0.05) is 17.9 Å². The fraction of sp³-hybridized carbons (Fsp3) is 0.375. The van der Waals surface area contributed by atoms with Gasteiger partial charge in [0.1, 0.15) is 0 Å². The van der Waals surface area contributed by atoms with E-state index in [0.717, 1.165) is 17.0 Å². The second-order valence-corrected chi connectivity index (χ2v) is 14.3. The number of sulfone groups is 2. The Hall–Kier alpha value is -3.23. The molecular formula is C24H26F2N4O6S2. The lowest BCUT2D eigenvalue weighted by Gasteiger charge is -2.24. The lowest BCUT2D eigenvalue weighted by atomic mass is 9.97. The maximum atomic E-state index is 13.6. The standard InChI is InChI=1S/C24H26F2N4O6S2/c1-23(2,3)22-29-28-20(36-22)15-7-10-19-18(11-15)30(21(31)17(27)13-37(19,32)33)12-14-5-8-16(9-6-14)38(34,35)24(4,25)26/h5-11,17H,12-13,27H2,1-4H3/t17-/m0/s1. The molecule has 38 heavy (non-hydrogen) atoms. The number of nitrogens with two attached hydrogens (primary N) is 1. The zero-order valence-corrected chi connectivity index (χ0v) is 22.6. The van der Waals surface area contributed by atoms with Crippen LogP contribution in [0.4, 0.5) is 14.5 Å². The van der Waals surface area contributed by atoms with Crippen LogP contribution in [0.1, 0.15) is 39.1 Å². The average Bonchev–Trinajstić information content (AvgIpc) is 3.30. The number of rotatable bonds is 5. The summed E-state index contributed by atoms with van der Waals surface area (Å²) in [7, 11) is -8.86. The third kappa shape index (κ3) is 5.07. The third-order valence-electron chi connectivity index (χ3n) is 5.93. The van der Waals surface area contributed by atoms with E-state index in [1.165, 1.54) is 30.3 Å². The highest BCUT2D eigenvalue weighted by Gasteiger charge is 2.41. The molecule has 0 radical (unpaired) electrons. The zero-order chi connectivity index (χ0) is 28.3. The predicted octanol–water partition coefficient (Wildman–Crippen LogP) is 3.07. The van der Waals surface area contributed by atoms with Crippen molar-refractivity contribution >= 4 is 31.3 Å². The Balaban J connectivity index is 1.79. The molecule has 10 nitrogen and oxygen atoms in total. The molecule has 3 aromatic rings.